The van der Waals surface area contributed by atoms with Crippen molar-refractivity contribution in [3.63, 3.8) is 0 Å². The summed E-state index contributed by atoms with van der Waals surface area (Å²) in [5.41, 5.74) is 0. The van der Waals surface area contributed by atoms with E-state index in [4.69, 9.17) is 0 Å². The molecule has 1 aliphatic rings. The minimum absolute atomic E-state index is 0.0803. The molecular weight excluding hydrogens is 348 g/mol. The predicted octanol–water partition coefficient (Wildman–Crippen LogP) is 2.00. The van der Waals surface area contributed by atoms with Crippen LogP contribution in [0.15, 0.2) is 23.1 Å². The Bertz CT molecular complexity index is 662. The summed E-state index contributed by atoms with van der Waals surface area (Å²) in [4.78, 5) is 3.22. The lowest BCUT2D eigenvalue weighted by Crippen LogP contribution is -2.45. The van der Waals surface area contributed by atoms with Crippen molar-refractivity contribution in [2.24, 2.45) is 0 Å². The third kappa shape index (κ3) is 4.75. The first-order valence-corrected chi connectivity index (χ1v) is 10.0. The van der Waals surface area contributed by atoms with Gasteiger partial charge in [-0.15, -0.1) is 0 Å². The summed E-state index contributed by atoms with van der Waals surface area (Å²) >= 11 is 0. The molecule has 0 aliphatic carbocycles. The standard InChI is InChI=1S/C17H27F2N3O2S/c1-4-21-10-6-7-14(21)13-22(12-11-20(2)3)25(23,24)17-15(18)8-5-9-16(17)19/h5,8-9,14H,4,6-7,10-13H2,1-3H3. The maximum atomic E-state index is 14.1. The van der Waals surface area contributed by atoms with E-state index < -0.39 is 26.6 Å². The van der Waals surface area contributed by atoms with E-state index in [1.165, 1.54) is 10.4 Å². The summed E-state index contributed by atoms with van der Waals surface area (Å²) < 4.78 is 55.4. The zero-order valence-corrected chi connectivity index (χ0v) is 15.9. The first-order chi connectivity index (χ1) is 11.8. The molecule has 142 valence electrons. The van der Waals surface area contributed by atoms with Crippen molar-refractivity contribution < 1.29 is 17.2 Å². The number of sulfonamides is 1. The Labute approximate surface area is 149 Å². The van der Waals surface area contributed by atoms with Crippen LogP contribution in [-0.4, -0.2) is 75.4 Å². The molecule has 0 amide bonds. The zero-order chi connectivity index (χ0) is 18.6. The Morgan fingerprint density at radius 2 is 1.84 bits per heavy atom. The molecule has 0 saturated carbocycles. The van der Waals surface area contributed by atoms with Gasteiger partial charge in [0.15, 0.2) is 4.90 Å². The van der Waals surface area contributed by atoms with E-state index in [2.05, 4.69) is 4.90 Å². The van der Waals surface area contributed by atoms with Crippen molar-refractivity contribution in [1.82, 2.24) is 14.1 Å². The Balaban J connectivity index is 2.33. The molecule has 5 nitrogen and oxygen atoms in total. The van der Waals surface area contributed by atoms with Gasteiger partial charge in [-0.05, 0) is 52.2 Å². The van der Waals surface area contributed by atoms with E-state index in [0.717, 1.165) is 38.1 Å². The van der Waals surface area contributed by atoms with Gasteiger partial charge in [-0.25, -0.2) is 17.2 Å². The molecule has 0 radical (unpaired) electrons. The van der Waals surface area contributed by atoms with Crippen molar-refractivity contribution in [2.45, 2.75) is 30.7 Å². The highest BCUT2D eigenvalue weighted by Crippen LogP contribution is 2.25. The number of rotatable bonds is 8. The van der Waals surface area contributed by atoms with Gasteiger partial charge >= 0.3 is 0 Å². The first kappa shape index (κ1) is 20.2. The second kappa shape index (κ2) is 8.53. The van der Waals surface area contributed by atoms with Crippen molar-refractivity contribution in [1.29, 1.82) is 0 Å². The molecule has 1 aromatic rings. The van der Waals surface area contributed by atoms with E-state index in [-0.39, 0.29) is 19.1 Å². The molecule has 1 fully saturated rings. The lowest BCUT2D eigenvalue weighted by atomic mass is 10.2. The quantitative estimate of drug-likeness (QED) is 0.697. The summed E-state index contributed by atoms with van der Waals surface area (Å²) in [5.74, 6) is -2.10. The Kier molecular flexibility index (Phi) is 6.90. The van der Waals surface area contributed by atoms with Gasteiger partial charge in [0.1, 0.15) is 11.6 Å². The summed E-state index contributed by atoms with van der Waals surface area (Å²) in [6.45, 7) is 4.72. The molecule has 2 rings (SSSR count). The maximum Gasteiger partial charge on any atom is 0.249 e. The minimum atomic E-state index is -4.25. The first-order valence-electron chi connectivity index (χ1n) is 8.60. The summed E-state index contributed by atoms with van der Waals surface area (Å²) in [6.07, 6.45) is 1.90. The minimum Gasteiger partial charge on any atom is -0.308 e. The lowest BCUT2D eigenvalue weighted by molar-refractivity contribution is 0.219. The Hall–Kier alpha value is -1.09. The van der Waals surface area contributed by atoms with Crippen LogP contribution in [0.5, 0.6) is 0 Å². The van der Waals surface area contributed by atoms with Crippen LogP contribution in [0.4, 0.5) is 8.78 Å². The molecule has 0 aromatic heterocycles. The average Bonchev–Trinajstić information content (AvgIpc) is 2.97. The average molecular weight is 375 g/mol. The van der Waals surface area contributed by atoms with E-state index in [9.17, 15) is 17.2 Å². The van der Waals surface area contributed by atoms with Gasteiger partial charge in [0.25, 0.3) is 0 Å². The molecule has 0 N–H and O–H groups in total. The largest absolute Gasteiger partial charge is 0.308 e. The molecule has 1 atom stereocenters. The summed E-state index contributed by atoms with van der Waals surface area (Å²) in [7, 11) is -0.576. The number of hydrogen-bond acceptors (Lipinski definition) is 4. The van der Waals surface area contributed by atoms with E-state index in [0.29, 0.717) is 6.54 Å². The number of benzene rings is 1. The molecule has 1 unspecified atom stereocenters. The van der Waals surface area contributed by atoms with Gasteiger partial charge in [0.2, 0.25) is 10.0 Å². The highest BCUT2D eigenvalue weighted by atomic mass is 32.2. The Morgan fingerprint density at radius 1 is 1.20 bits per heavy atom. The number of nitrogens with zero attached hydrogens (tertiary/aromatic N) is 3. The number of hydrogen-bond donors (Lipinski definition) is 0. The molecule has 1 heterocycles. The van der Waals surface area contributed by atoms with Gasteiger partial charge in [-0.2, -0.15) is 4.31 Å². The third-order valence-corrected chi connectivity index (χ3v) is 6.55. The van der Waals surface area contributed by atoms with Crippen molar-refractivity contribution in [3.8, 4) is 0 Å². The van der Waals surface area contributed by atoms with E-state index >= 15 is 0 Å². The molecule has 1 aromatic carbocycles. The van der Waals surface area contributed by atoms with Gasteiger partial charge < -0.3 is 4.90 Å². The summed E-state index contributed by atoms with van der Waals surface area (Å²) in [6, 6.07) is 3.21. The fourth-order valence-electron chi connectivity index (χ4n) is 3.23. The number of halogens is 2. The molecule has 0 spiro atoms. The zero-order valence-electron chi connectivity index (χ0n) is 15.1. The molecule has 25 heavy (non-hydrogen) atoms. The lowest BCUT2D eigenvalue weighted by Gasteiger charge is -2.30. The molecule has 8 heteroatoms. The third-order valence-electron chi connectivity index (χ3n) is 4.63. The van der Waals surface area contributed by atoms with Crippen molar-refractivity contribution in [3.05, 3.63) is 29.8 Å². The van der Waals surface area contributed by atoms with Gasteiger partial charge in [0, 0.05) is 25.7 Å². The normalized spacial score (nSPS) is 19.2. The SMILES string of the molecule is CCN1CCCC1CN(CCN(C)C)S(=O)(=O)c1c(F)cccc1F. The summed E-state index contributed by atoms with van der Waals surface area (Å²) in [5, 5.41) is 0. The van der Waals surface area contributed by atoms with Crippen LogP contribution in [0.2, 0.25) is 0 Å². The molecule has 1 saturated heterocycles. The maximum absolute atomic E-state index is 14.1. The van der Waals surface area contributed by atoms with Crippen LogP contribution in [0, 0.1) is 11.6 Å². The smallest absolute Gasteiger partial charge is 0.249 e. The fourth-order valence-corrected chi connectivity index (χ4v) is 4.81. The Morgan fingerprint density at radius 3 is 2.40 bits per heavy atom. The van der Waals surface area contributed by atoms with Crippen LogP contribution in [0.25, 0.3) is 0 Å². The predicted molar refractivity (Wildman–Crippen MR) is 93.9 cm³/mol. The fraction of sp³-hybridized carbons (Fsp3) is 0.647. The van der Waals surface area contributed by atoms with Gasteiger partial charge in [-0.3, -0.25) is 4.90 Å². The van der Waals surface area contributed by atoms with E-state index in [1.54, 1.807) is 0 Å². The van der Waals surface area contributed by atoms with Crippen LogP contribution >= 0.6 is 0 Å². The molecule has 1 aliphatic heterocycles. The number of likely N-dealkylation sites (N-methyl/N-ethyl adjacent to an activating group) is 2. The second-order valence-electron chi connectivity index (χ2n) is 6.64. The van der Waals surface area contributed by atoms with Crippen LogP contribution in [0.3, 0.4) is 0 Å². The monoisotopic (exact) mass is 375 g/mol. The van der Waals surface area contributed by atoms with Crippen molar-refractivity contribution >= 4 is 10.0 Å². The molecule has 0 bridgehead atoms. The van der Waals surface area contributed by atoms with Crippen LogP contribution in [-0.2, 0) is 10.0 Å². The highest BCUT2D eigenvalue weighted by molar-refractivity contribution is 7.89. The number of likely N-dealkylation sites (tertiary alicyclic amines) is 1. The van der Waals surface area contributed by atoms with E-state index in [1.807, 2.05) is 25.9 Å². The van der Waals surface area contributed by atoms with Crippen LogP contribution < -0.4 is 0 Å². The molecular formula is C17H27F2N3O2S. The second-order valence-corrected chi connectivity index (χ2v) is 8.52. The van der Waals surface area contributed by atoms with Gasteiger partial charge in [0.05, 0.1) is 0 Å². The van der Waals surface area contributed by atoms with Crippen LogP contribution in [0.1, 0.15) is 19.8 Å². The van der Waals surface area contributed by atoms with Crippen molar-refractivity contribution in [2.75, 3.05) is 46.8 Å². The topological polar surface area (TPSA) is 43.9 Å². The highest BCUT2D eigenvalue weighted by Gasteiger charge is 2.34. The van der Waals surface area contributed by atoms with Gasteiger partial charge in [-0.1, -0.05) is 13.0 Å².